The van der Waals surface area contributed by atoms with Crippen LogP contribution in [0, 0.1) is 5.82 Å². The van der Waals surface area contributed by atoms with E-state index in [1.807, 2.05) is 65.7 Å². The number of benzene rings is 2. The first-order valence-electron chi connectivity index (χ1n) is 11.9. The van der Waals surface area contributed by atoms with Crippen molar-refractivity contribution >= 4 is 28.9 Å². The number of methoxy groups -OCH3 is 1. The van der Waals surface area contributed by atoms with Gasteiger partial charge in [-0.25, -0.2) is 4.39 Å². The SMILES string of the molecule is COc1ccccc1-n1cccc1[C@H]1[C@H](c2ccccn2)NC(=S)N1CCC(=O)Nc1ccc(F)cc1. The van der Waals surface area contributed by atoms with Gasteiger partial charge in [0.15, 0.2) is 5.11 Å². The minimum atomic E-state index is -0.354. The van der Waals surface area contributed by atoms with Gasteiger partial charge in [-0.2, -0.15) is 0 Å². The average molecular weight is 516 g/mol. The number of rotatable bonds is 8. The summed E-state index contributed by atoms with van der Waals surface area (Å²) in [5, 5.41) is 6.79. The molecule has 37 heavy (non-hydrogen) atoms. The van der Waals surface area contributed by atoms with Crippen LogP contribution in [-0.2, 0) is 4.79 Å². The van der Waals surface area contributed by atoms with E-state index in [4.69, 9.17) is 17.0 Å². The normalized spacial score (nSPS) is 16.9. The van der Waals surface area contributed by atoms with Gasteiger partial charge in [-0.15, -0.1) is 0 Å². The predicted molar refractivity (Wildman–Crippen MR) is 144 cm³/mol. The maximum Gasteiger partial charge on any atom is 0.226 e. The van der Waals surface area contributed by atoms with Gasteiger partial charge in [-0.1, -0.05) is 18.2 Å². The van der Waals surface area contributed by atoms with Crippen LogP contribution in [0.5, 0.6) is 5.75 Å². The zero-order valence-corrected chi connectivity index (χ0v) is 21.0. The van der Waals surface area contributed by atoms with Gasteiger partial charge in [0, 0.05) is 36.7 Å². The van der Waals surface area contributed by atoms with Crippen LogP contribution in [-0.4, -0.2) is 39.1 Å². The van der Waals surface area contributed by atoms with Crippen LogP contribution >= 0.6 is 12.2 Å². The van der Waals surface area contributed by atoms with Gasteiger partial charge in [0.25, 0.3) is 0 Å². The molecule has 1 aliphatic heterocycles. The van der Waals surface area contributed by atoms with Crippen molar-refractivity contribution in [2.45, 2.75) is 18.5 Å². The zero-order valence-electron chi connectivity index (χ0n) is 20.2. The van der Waals surface area contributed by atoms with E-state index in [-0.39, 0.29) is 30.2 Å². The number of para-hydroxylation sites is 2. The number of carbonyl (C=O) groups excluding carboxylic acids is 1. The van der Waals surface area contributed by atoms with E-state index in [1.165, 1.54) is 24.3 Å². The zero-order chi connectivity index (χ0) is 25.8. The monoisotopic (exact) mass is 515 g/mol. The molecular formula is C28H26FN5O2S. The number of carbonyl (C=O) groups is 1. The van der Waals surface area contributed by atoms with Crippen LogP contribution in [0.25, 0.3) is 5.69 Å². The molecular weight excluding hydrogens is 489 g/mol. The fraction of sp³-hybridized carbons (Fsp3) is 0.179. The Bertz CT molecular complexity index is 1390. The molecule has 1 amide bonds. The number of pyridine rings is 1. The number of anilines is 1. The highest BCUT2D eigenvalue weighted by Crippen LogP contribution is 2.40. The highest BCUT2D eigenvalue weighted by molar-refractivity contribution is 7.80. The van der Waals surface area contributed by atoms with Crippen molar-refractivity contribution in [3.63, 3.8) is 0 Å². The van der Waals surface area contributed by atoms with Crippen LogP contribution < -0.4 is 15.4 Å². The summed E-state index contributed by atoms with van der Waals surface area (Å²) in [4.78, 5) is 19.4. The number of nitrogens with zero attached hydrogens (tertiary/aromatic N) is 3. The van der Waals surface area contributed by atoms with E-state index in [1.54, 1.807) is 13.3 Å². The Morgan fingerprint density at radius 2 is 1.86 bits per heavy atom. The second-order valence-corrected chi connectivity index (χ2v) is 8.99. The molecule has 2 aromatic heterocycles. The molecule has 1 fully saturated rings. The lowest BCUT2D eigenvalue weighted by molar-refractivity contribution is -0.116. The third kappa shape index (κ3) is 5.17. The van der Waals surface area contributed by atoms with Gasteiger partial charge >= 0.3 is 0 Å². The number of amides is 1. The van der Waals surface area contributed by atoms with E-state index < -0.39 is 0 Å². The van der Waals surface area contributed by atoms with Gasteiger partial charge in [0.05, 0.1) is 30.6 Å². The lowest BCUT2D eigenvalue weighted by Gasteiger charge is -2.29. The number of halogens is 1. The molecule has 2 N–H and O–H groups in total. The standard InChI is InChI=1S/C28H26FN5O2S/c1-36-24-10-3-2-8-22(24)33-17-6-9-23(33)27-26(21-7-4-5-16-30-21)32-28(37)34(27)18-15-25(35)31-20-13-11-19(29)12-14-20/h2-14,16-17,26-27H,15,18H2,1H3,(H,31,35)(H,32,37)/t26-,27-/m0/s1. The number of thiocarbonyl (C=S) groups is 1. The summed E-state index contributed by atoms with van der Waals surface area (Å²) in [6, 6.07) is 22.9. The summed E-state index contributed by atoms with van der Waals surface area (Å²) in [5.41, 5.74) is 3.27. The average Bonchev–Trinajstić information content (AvgIpc) is 3.53. The van der Waals surface area contributed by atoms with Gasteiger partial charge in [0.2, 0.25) is 5.91 Å². The second-order valence-electron chi connectivity index (χ2n) is 8.60. The Morgan fingerprint density at radius 3 is 2.62 bits per heavy atom. The summed E-state index contributed by atoms with van der Waals surface area (Å²) in [6.07, 6.45) is 3.94. The third-order valence-corrected chi connectivity index (χ3v) is 6.69. The summed E-state index contributed by atoms with van der Waals surface area (Å²) >= 11 is 5.75. The molecule has 0 unspecified atom stereocenters. The molecule has 2 aromatic carbocycles. The minimum Gasteiger partial charge on any atom is -0.495 e. The number of hydrogen-bond donors (Lipinski definition) is 2. The van der Waals surface area contributed by atoms with Gasteiger partial charge in [-0.05, 0) is 72.9 Å². The molecule has 7 nitrogen and oxygen atoms in total. The molecule has 0 bridgehead atoms. The van der Waals surface area contributed by atoms with Gasteiger partial charge in [0.1, 0.15) is 11.6 Å². The van der Waals surface area contributed by atoms with Crippen LogP contribution in [0.4, 0.5) is 10.1 Å². The van der Waals surface area contributed by atoms with Crippen molar-refractivity contribution in [2.75, 3.05) is 19.0 Å². The van der Waals surface area contributed by atoms with Gasteiger partial charge in [-0.3, -0.25) is 9.78 Å². The third-order valence-electron chi connectivity index (χ3n) is 6.33. The van der Waals surface area contributed by atoms with E-state index in [9.17, 15) is 9.18 Å². The van der Waals surface area contributed by atoms with E-state index >= 15 is 0 Å². The Kier molecular flexibility index (Phi) is 7.14. The Hall–Kier alpha value is -4.24. The lowest BCUT2D eigenvalue weighted by atomic mass is 10.0. The fourth-order valence-electron chi connectivity index (χ4n) is 4.63. The number of ether oxygens (including phenoxy) is 1. The summed E-state index contributed by atoms with van der Waals surface area (Å²) in [6.45, 7) is 0.379. The van der Waals surface area contributed by atoms with E-state index in [0.29, 0.717) is 17.3 Å². The van der Waals surface area contributed by atoms with E-state index in [0.717, 1.165) is 22.8 Å². The van der Waals surface area contributed by atoms with Crippen molar-refractivity contribution in [1.29, 1.82) is 0 Å². The maximum atomic E-state index is 13.2. The maximum absolute atomic E-state index is 13.2. The van der Waals surface area contributed by atoms with Crippen LogP contribution in [0.15, 0.2) is 91.3 Å². The fourth-order valence-corrected chi connectivity index (χ4v) is 4.96. The van der Waals surface area contributed by atoms with Crippen molar-refractivity contribution in [1.82, 2.24) is 19.8 Å². The Morgan fingerprint density at radius 1 is 1.08 bits per heavy atom. The molecule has 1 saturated heterocycles. The van der Waals surface area contributed by atoms with Crippen LogP contribution in [0.2, 0.25) is 0 Å². The lowest BCUT2D eigenvalue weighted by Crippen LogP contribution is -2.33. The molecule has 9 heteroatoms. The Balaban J connectivity index is 1.45. The molecule has 188 valence electrons. The number of nitrogens with one attached hydrogen (secondary N) is 2. The number of aromatic nitrogens is 2. The summed E-state index contributed by atoms with van der Waals surface area (Å²) < 4.78 is 20.9. The molecule has 5 rings (SSSR count). The first-order valence-corrected chi connectivity index (χ1v) is 12.3. The van der Waals surface area contributed by atoms with Crippen molar-refractivity contribution in [3.05, 3.63) is 108 Å². The minimum absolute atomic E-state index is 0.186. The summed E-state index contributed by atoms with van der Waals surface area (Å²) in [5.74, 6) is 0.204. The molecule has 0 spiro atoms. The molecule has 2 atom stereocenters. The van der Waals surface area contributed by atoms with E-state index in [2.05, 4.69) is 20.2 Å². The van der Waals surface area contributed by atoms with Crippen molar-refractivity contribution < 1.29 is 13.9 Å². The second kappa shape index (κ2) is 10.8. The topological polar surface area (TPSA) is 71.4 Å². The largest absolute Gasteiger partial charge is 0.495 e. The first-order chi connectivity index (χ1) is 18.0. The van der Waals surface area contributed by atoms with Crippen molar-refractivity contribution in [2.24, 2.45) is 0 Å². The number of hydrogen-bond acceptors (Lipinski definition) is 4. The molecule has 1 aliphatic rings. The summed E-state index contributed by atoms with van der Waals surface area (Å²) in [7, 11) is 1.65. The van der Waals surface area contributed by atoms with Gasteiger partial charge < -0.3 is 24.8 Å². The molecule has 4 aromatic rings. The molecule has 0 saturated carbocycles. The molecule has 3 heterocycles. The quantitative estimate of drug-likeness (QED) is 0.321. The highest BCUT2D eigenvalue weighted by Gasteiger charge is 2.41. The predicted octanol–water partition coefficient (Wildman–Crippen LogP) is 5.02. The Labute approximate surface area is 219 Å². The molecule has 0 radical (unpaired) electrons. The van der Waals surface area contributed by atoms with Crippen molar-refractivity contribution in [3.8, 4) is 11.4 Å². The smallest absolute Gasteiger partial charge is 0.226 e. The highest BCUT2D eigenvalue weighted by atomic mass is 32.1. The molecule has 0 aliphatic carbocycles. The van der Waals surface area contributed by atoms with Crippen LogP contribution in [0.1, 0.15) is 29.9 Å². The van der Waals surface area contributed by atoms with Crippen LogP contribution in [0.3, 0.4) is 0 Å². The first kappa shape index (κ1) is 24.5.